The average Bonchev–Trinajstić information content (AvgIpc) is 3.05. The molecule has 0 aliphatic carbocycles. The van der Waals surface area contributed by atoms with E-state index in [1.807, 2.05) is 35.7 Å². The third kappa shape index (κ3) is 3.62. The maximum Gasteiger partial charge on any atom is 0.134 e. The molecule has 2 aromatic carbocycles. The lowest BCUT2D eigenvalue weighted by atomic mass is 10.1. The summed E-state index contributed by atoms with van der Waals surface area (Å²) in [7, 11) is 0. The molecule has 0 aliphatic rings. The highest BCUT2D eigenvalue weighted by atomic mass is 35.5. The van der Waals surface area contributed by atoms with Crippen LogP contribution in [0.15, 0.2) is 53.9 Å². The zero-order chi connectivity index (χ0) is 16.2. The molecule has 0 atom stereocenters. The molecule has 0 fully saturated rings. The molecule has 1 aromatic heterocycles. The summed E-state index contributed by atoms with van der Waals surface area (Å²) in [6, 6.07) is 17.2. The summed E-state index contributed by atoms with van der Waals surface area (Å²) >= 11 is 13.5. The molecule has 0 spiro atoms. The highest BCUT2D eigenvalue weighted by molar-refractivity contribution is 7.11. The summed E-state index contributed by atoms with van der Waals surface area (Å²) in [5, 5.41) is 13.1. The number of nitrogens with zero attached hydrogens (tertiary/aromatic N) is 2. The minimum absolute atomic E-state index is 0.474. The summed E-state index contributed by atoms with van der Waals surface area (Å²) in [4.78, 5) is 4.55. The Morgan fingerprint density at radius 2 is 1.91 bits per heavy atom. The summed E-state index contributed by atoms with van der Waals surface area (Å²) in [6.07, 6.45) is 1.73. The molecule has 3 rings (SSSR count). The molecular formula is C18H10Cl2N2S. The van der Waals surface area contributed by atoms with Crippen molar-refractivity contribution in [2.75, 3.05) is 0 Å². The fourth-order valence-corrected chi connectivity index (χ4v) is 3.31. The van der Waals surface area contributed by atoms with Crippen LogP contribution < -0.4 is 0 Å². The molecule has 1 heterocycles. The Bertz CT molecular complexity index is 908. The van der Waals surface area contributed by atoms with E-state index in [9.17, 15) is 5.26 Å². The lowest BCUT2D eigenvalue weighted by Gasteiger charge is -2.00. The molecule has 3 aromatic rings. The van der Waals surface area contributed by atoms with Crippen LogP contribution in [0.25, 0.3) is 22.9 Å². The molecule has 0 aliphatic heterocycles. The predicted octanol–water partition coefficient (Wildman–Crippen LogP) is 6.18. The Labute approximate surface area is 148 Å². The van der Waals surface area contributed by atoms with Gasteiger partial charge in [-0.3, -0.25) is 0 Å². The molecule has 0 saturated carbocycles. The number of hydrogen-bond acceptors (Lipinski definition) is 3. The molecule has 23 heavy (non-hydrogen) atoms. The third-order valence-corrected chi connectivity index (χ3v) is 4.62. The highest BCUT2D eigenvalue weighted by Crippen LogP contribution is 2.29. The number of aromatic nitrogens is 1. The van der Waals surface area contributed by atoms with E-state index in [0.717, 1.165) is 16.8 Å². The van der Waals surface area contributed by atoms with Gasteiger partial charge in [0.1, 0.15) is 11.1 Å². The van der Waals surface area contributed by atoms with E-state index < -0.39 is 0 Å². The average molecular weight is 357 g/mol. The van der Waals surface area contributed by atoms with E-state index in [0.29, 0.717) is 20.6 Å². The number of benzene rings is 2. The fraction of sp³-hybridized carbons (Fsp3) is 0. The van der Waals surface area contributed by atoms with Crippen molar-refractivity contribution in [3.8, 4) is 17.3 Å². The zero-order valence-electron chi connectivity index (χ0n) is 11.8. The van der Waals surface area contributed by atoms with Gasteiger partial charge in [-0.15, -0.1) is 11.3 Å². The summed E-state index contributed by atoms with van der Waals surface area (Å²) in [6.45, 7) is 0. The first kappa shape index (κ1) is 15.8. The van der Waals surface area contributed by atoms with Crippen molar-refractivity contribution in [1.29, 1.82) is 5.26 Å². The maximum absolute atomic E-state index is 9.45. The second kappa shape index (κ2) is 6.97. The highest BCUT2D eigenvalue weighted by Gasteiger charge is 2.10. The summed E-state index contributed by atoms with van der Waals surface area (Å²) in [5.41, 5.74) is 3.09. The van der Waals surface area contributed by atoms with E-state index in [4.69, 9.17) is 23.2 Å². The monoisotopic (exact) mass is 356 g/mol. The van der Waals surface area contributed by atoms with Gasteiger partial charge in [-0.1, -0.05) is 59.6 Å². The van der Waals surface area contributed by atoms with Gasteiger partial charge in [-0.2, -0.15) is 5.26 Å². The van der Waals surface area contributed by atoms with Crippen LogP contribution in [0.4, 0.5) is 0 Å². The van der Waals surface area contributed by atoms with Crippen LogP contribution in [0.2, 0.25) is 10.0 Å². The first-order valence-electron chi connectivity index (χ1n) is 6.75. The Kier molecular flexibility index (Phi) is 4.78. The number of thiazole rings is 1. The van der Waals surface area contributed by atoms with Crippen LogP contribution in [0.1, 0.15) is 10.6 Å². The SMILES string of the molecule is N#CC(=Cc1ccc(Cl)cc1Cl)c1nc(-c2ccccc2)cs1. The number of nitriles is 1. The number of halogens is 2. The molecule has 2 nitrogen and oxygen atoms in total. The maximum atomic E-state index is 9.45. The van der Waals surface area contributed by atoms with Gasteiger partial charge in [-0.05, 0) is 23.8 Å². The molecule has 5 heteroatoms. The second-order valence-corrected chi connectivity index (χ2v) is 6.44. The minimum atomic E-state index is 0.474. The van der Waals surface area contributed by atoms with Crippen LogP contribution in [0.5, 0.6) is 0 Å². The van der Waals surface area contributed by atoms with Crippen molar-refractivity contribution >= 4 is 46.2 Å². The van der Waals surface area contributed by atoms with Gasteiger partial charge in [-0.25, -0.2) is 4.98 Å². The Balaban J connectivity index is 1.97. The van der Waals surface area contributed by atoms with E-state index >= 15 is 0 Å². The minimum Gasteiger partial charge on any atom is -0.235 e. The Morgan fingerprint density at radius 3 is 2.61 bits per heavy atom. The van der Waals surface area contributed by atoms with E-state index in [2.05, 4.69) is 11.1 Å². The summed E-state index contributed by atoms with van der Waals surface area (Å²) in [5.74, 6) is 0. The Hall–Kier alpha value is -2.12. The first-order chi connectivity index (χ1) is 11.2. The van der Waals surface area contributed by atoms with Gasteiger partial charge in [0.15, 0.2) is 0 Å². The van der Waals surface area contributed by atoms with E-state index in [1.165, 1.54) is 11.3 Å². The smallest absolute Gasteiger partial charge is 0.134 e. The van der Waals surface area contributed by atoms with Gasteiger partial charge in [0.05, 0.1) is 11.3 Å². The molecule has 0 unspecified atom stereocenters. The quantitative estimate of drug-likeness (QED) is 0.525. The van der Waals surface area contributed by atoms with Crippen LogP contribution >= 0.6 is 34.5 Å². The number of hydrogen-bond donors (Lipinski definition) is 0. The van der Waals surface area contributed by atoms with Crippen molar-refractivity contribution in [3.05, 3.63) is 74.5 Å². The molecule has 0 saturated heterocycles. The molecule has 0 radical (unpaired) electrons. The zero-order valence-corrected chi connectivity index (χ0v) is 14.2. The summed E-state index contributed by atoms with van der Waals surface area (Å²) < 4.78 is 0. The standard InChI is InChI=1S/C18H10Cl2N2S/c19-15-7-6-13(16(20)9-15)8-14(10-21)18-22-17(11-23-18)12-4-2-1-3-5-12/h1-9,11H. The van der Waals surface area contributed by atoms with Crippen LogP contribution in [-0.2, 0) is 0 Å². The van der Waals surface area contributed by atoms with Crippen LogP contribution in [0, 0.1) is 11.3 Å². The van der Waals surface area contributed by atoms with Crippen LogP contribution in [-0.4, -0.2) is 4.98 Å². The van der Waals surface area contributed by atoms with Gasteiger partial charge in [0.2, 0.25) is 0 Å². The fourth-order valence-electron chi connectivity index (χ4n) is 2.05. The van der Waals surface area contributed by atoms with E-state index in [1.54, 1.807) is 24.3 Å². The normalized spacial score (nSPS) is 11.3. The molecule has 0 bridgehead atoms. The van der Waals surface area contributed by atoms with Gasteiger partial charge in [0, 0.05) is 21.0 Å². The van der Waals surface area contributed by atoms with Crippen molar-refractivity contribution in [2.45, 2.75) is 0 Å². The van der Waals surface area contributed by atoms with Crippen molar-refractivity contribution in [3.63, 3.8) is 0 Å². The molecular weight excluding hydrogens is 347 g/mol. The van der Waals surface area contributed by atoms with Crippen molar-refractivity contribution in [1.82, 2.24) is 4.98 Å². The van der Waals surface area contributed by atoms with Crippen molar-refractivity contribution in [2.24, 2.45) is 0 Å². The van der Waals surface area contributed by atoms with E-state index in [-0.39, 0.29) is 0 Å². The second-order valence-electron chi connectivity index (χ2n) is 4.74. The molecule has 0 N–H and O–H groups in total. The van der Waals surface area contributed by atoms with Gasteiger partial charge < -0.3 is 0 Å². The predicted molar refractivity (Wildman–Crippen MR) is 97.5 cm³/mol. The molecule has 0 amide bonds. The largest absolute Gasteiger partial charge is 0.235 e. The lowest BCUT2D eigenvalue weighted by molar-refractivity contribution is 1.37. The van der Waals surface area contributed by atoms with Crippen molar-refractivity contribution < 1.29 is 0 Å². The number of allylic oxidation sites excluding steroid dienone is 1. The lowest BCUT2D eigenvalue weighted by Crippen LogP contribution is -1.83. The molecule has 112 valence electrons. The van der Waals surface area contributed by atoms with Crippen LogP contribution in [0.3, 0.4) is 0 Å². The van der Waals surface area contributed by atoms with Gasteiger partial charge in [0.25, 0.3) is 0 Å². The van der Waals surface area contributed by atoms with Gasteiger partial charge >= 0.3 is 0 Å². The topological polar surface area (TPSA) is 36.7 Å². The third-order valence-electron chi connectivity index (χ3n) is 3.19. The first-order valence-corrected chi connectivity index (χ1v) is 8.39. The number of rotatable bonds is 3. The Morgan fingerprint density at radius 1 is 1.13 bits per heavy atom.